The Bertz CT molecular complexity index is 572. The summed E-state index contributed by atoms with van der Waals surface area (Å²) in [6.07, 6.45) is 0.519. The molecule has 0 bridgehead atoms. The lowest BCUT2D eigenvalue weighted by Gasteiger charge is -2.12. The van der Waals surface area contributed by atoms with Crippen LogP contribution in [0.2, 0.25) is 5.02 Å². The number of hydrogen-bond donors (Lipinski definition) is 0. The summed E-state index contributed by atoms with van der Waals surface area (Å²) in [4.78, 5) is 0. The third kappa shape index (κ3) is 3.62. The summed E-state index contributed by atoms with van der Waals surface area (Å²) in [6, 6.07) is 12.1. The van der Waals surface area contributed by atoms with E-state index in [1.807, 2.05) is 18.2 Å². The van der Waals surface area contributed by atoms with Gasteiger partial charge >= 0.3 is 0 Å². The van der Waals surface area contributed by atoms with Crippen molar-refractivity contribution >= 4 is 23.2 Å². The van der Waals surface area contributed by atoms with Crippen LogP contribution in [-0.2, 0) is 6.42 Å². The summed E-state index contributed by atoms with van der Waals surface area (Å²) >= 11 is 12.2. The van der Waals surface area contributed by atoms with E-state index < -0.39 is 5.38 Å². The summed E-state index contributed by atoms with van der Waals surface area (Å²) < 4.78 is 18.8. The fourth-order valence-electron chi connectivity index (χ4n) is 1.87. The summed E-state index contributed by atoms with van der Waals surface area (Å²) in [7, 11) is 1.50. The van der Waals surface area contributed by atoms with E-state index >= 15 is 0 Å². The van der Waals surface area contributed by atoms with E-state index in [0.29, 0.717) is 22.8 Å². The molecule has 1 nitrogen and oxygen atoms in total. The van der Waals surface area contributed by atoms with Crippen LogP contribution < -0.4 is 4.74 Å². The minimum absolute atomic E-state index is 0.360. The largest absolute Gasteiger partial charge is 0.497 e. The minimum atomic E-state index is -0.440. The van der Waals surface area contributed by atoms with Gasteiger partial charge in [-0.15, -0.1) is 11.6 Å². The standard InChI is InChI=1S/C15H13Cl2FO/c1-19-12-5-6-13(15(18)9-12)14(17)8-10-3-2-4-11(16)7-10/h2-7,9,14H,8H2,1H3. The molecule has 0 aliphatic rings. The smallest absolute Gasteiger partial charge is 0.131 e. The Morgan fingerprint density at radius 3 is 2.63 bits per heavy atom. The second-order valence-electron chi connectivity index (χ2n) is 4.19. The van der Waals surface area contributed by atoms with Crippen LogP contribution in [-0.4, -0.2) is 7.11 Å². The fraction of sp³-hybridized carbons (Fsp3) is 0.200. The van der Waals surface area contributed by atoms with E-state index in [1.165, 1.54) is 13.2 Å². The Kier molecular flexibility index (Phi) is 4.67. The van der Waals surface area contributed by atoms with Crippen molar-refractivity contribution in [1.82, 2.24) is 0 Å². The van der Waals surface area contributed by atoms with Gasteiger partial charge in [-0.05, 0) is 30.2 Å². The van der Waals surface area contributed by atoms with Gasteiger partial charge in [0.15, 0.2) is 0 Å². The maximum absolute atomic E-state index is 13.9. The number of ether oxygens (including phenoxy) is 1. The molecule has 0 amide bonds. The lowest BCUT2D eigenvalue weighted by atomic mass is 10.0. The third-order valence-electron chi connectivity index (χ3n) is 2.85. The Balaban J connectivity index is 2.18. The van der Waals surface area contributed by atoms with Gasteiger partial charge in [0.05, 0.1) is 12.5 Å². The molecule has 0 N–H and O–H groups in total. The molecule has 0 spiro atoms. The van der Waals surface area contributed by atoms with Crippen molar-refractivity contribution in [3.8, 4) is 5.75 Å². The Hall–Kier alpha value is -1.25. The number of benzene rings is 2. The van der Waals surface area contributed by atoms with Crippen LogP contribution in [0, 0.1) is 5.82 Å². The zero-order valence-electron chi connectivity index (χ0n) is 10.4. The molecule has 2 aromatic rings. The Morgan fingerprint density at radius 2 is 2.00 bits per heavy atom. The highest BCUT2D eigenvalue weighted by Gasteiger charge is 2.14. The first-order valence-electron chi connectivity index (χ1n) is 5.82. The van der Waals surface area contributed by atoms with E-state index in [9.17, 15) is 4.39 Å². The highest BCUT2D eigenvalue weighted by molar-refractivity contribution is 6.30. The number of alkyl halides is 1. The molecule has 0 aliphatic carbocycles. The highest BCUT2D eigenvalue weighted by Crippen LogP contribution is 2.29. The van der Waals surface area contributed by atoms with Gasteiger partial charge in [0.2, 0.25) is 0 Å². The monoisotopic (exact) mass is 298 g/mol. The maximum Gasteiger partial charge on any atom is 0.131 e. The lowest BCUT2D eigenvalue weighted by molar-refractivity contribution is 0.410. The van der Waals surface area contributed by atoms with Gasteiger partial charge in [0.25, 0.3) is 0 Å². The highest BCUT2D eigenvalue weighted by atomic mass is 35.5. The van der Waals surface area contributed by atoms with Crippen molar-refractivity contribution in [2.24, 2.45) is 0 Å². The molecule has 19 heavy (non-hydrogen) atoms. The second kappa shape index (κ2) is 6.27. The Morgan fingerprint density at radius 1 is 1.21 bits per heavy atom. The molecule has 1 unspecified atom stereocenters. The van der Waals surface area contributed by atoms with Crippen molar-refractivity contribution in [3.63, 3.8) is 0 Å². The number of methoxy groups -OCH3 is 1. The van der Waals surface area contributed by atoms with Gasteiger partial charge in [0.1, 0.15) is 11.6 Å². The number of rotatable bonds is 4. The van der Waals surface area contributed by atoms with E-state index in [1.54, 1.807) is 18.2 Å². The molecule has 100 valence electrons. The summed E-state index contributed by atoms with van der Waals surface area (Å²) in [5, 5.41) is 0.209. The quantitative estimate of drug-likeness (QED) is 0.721. The zero-order chi connectivity index (χ0) is 13.8. The summed E-state index contributed by atoms with van der Waals surface area (Å²) in [5.41, 5.74) is 1.44. The molecule has 0 radical (unpaired) electrons. The molecular weight excluding hydrogens is 286 g/mol. The predicted octanol–water partition coefficient (Wildman–Crippen LogP) is 5.01. The molecule has 2 aromatic carbocycles. The van der Waals surface area contributed by atoms with Gasteiger partial charge in [-0.2, -0.15) is 0 Å². The van der Waals surface area contributed by atoms with Gasteiger partial charge in [-0.3, -0.25) is 0 Å². The van der Waals surface area contributed by atoms with Crippen LogP contribution in [0.4, 0.5) is 4.39 Å². The van der Waals surface area contributed by atoms with Gasteiger partial charge in [-0.25, -0.2) is 4.39 Å². The van der Waals surface area contributed by atoms with Gasteiger partial charge < -0.3 is 4.74 Å². The average Bonchev–Trinajstić information content (AvgIpc) is 2.38. The number of hydrogen-bond acceptors (Lipinski definition) is 1. The molecule has 0 saturated carbocycles. The molecule has 0 aromatic heterocycles. The van der Waals surface area contributed by atoms with Crippen molar-refractivity contribution in [1.29, 1.82) is 0 Å². The van der Waals surface area contributed by atoms with Crippen molar-refractivity contribution in [2.45, 2.75) is 11.8 Å². The third-order valence-corrected chi connectivity index (χ3v) is 3.47. The zero-order valence-corrected chi connectivity index (χ0v) is 11.9. The topological polar surface area (TPSA) is 9.23 Å². The molecule has 0 saturated heterocycles. The molecular formula is C15H13Cl2FO. The summed E-state index contributed by atoms with van der Waals surface area (Å²) in [6.45, 7) is 0. The predicted molar refractivity (Wildman–Crippen MR) is 76.7 cm³/mol. The van der Waals surface area contributed by atoms with Crippen LogP contribution in [0.5, 0.6) is 5.75 Å². The van der Waals surface area contributed by atoms with Crippen LogP contribution in [0.15, 0.2) is 42.5 Å². The average molecular weight is 299 g/mol. The van der Waals surface area contributed by atoms with Crippen LogP contribution in [0.1, 0.15) is 16.5 Å². The van der Waals surface area contributed by atoms with Gasteiger partial charge in [0, 0.05) is 16.7 Å². The molecule has 2 rings (SSSR count). The fourth-order valence-corrected chi connectivity index (χ4v) is 2.44. The van der Waals surface area contributed by atoms with Crippen LogP contribution in [0.25, 0.3) is 0 Å². The SMILES string of the molecule is COc1ccc(C(Cl)Cc2cccc(Cl)c2)c(F)c1. The van der Waals surface area contributed by atoms with E-state index in [0.717, 1.165) is 5.56 Å². The van der Waals surface area contributed by atoms with Crippen LogP contribution in [0.3, 0.4) is 0 Å². The first-order valence-corrected chi connectivity index (χ1v) is 6.63. The van der Waals surface area contributed by atoms with Crippen molar-refractivity contribution in [3.05, 3.63) is 64.4 Å². The van der Waals surface area contributed by atoms with E-state index in [-0.39, 0.29) is 5.82 Å². The molecule has 0 fully saturated rings. The molecule has 0 heterocycles. The van der Waals surface area contributed by atoms with E-state index in [4.69, 9.17) is 27.9 Å². The van der Waals surface area contributed by atoms with Crippen LogP contribution >= 0.6 is 23.2 Å². The lowest BCUT2D eigenvalue weighted by Crippen LogP contribution is -1.99. The maximum atomic E-state index is 13.9. The van der Waals surface area contributed by atoms with E-state index in [2.05, 4.69) is 0 Å². The molecule has 1 atom stereocenters. The Labute approximate surface area is 121 Å². The molecule has 4 heteroatoms. The summed E-state index contributed by atoms with van der Waals surface area (Å²) in [5.74, 6) is 0.120. The minimum Gasteiger partial charge on any atom is -0.497 e. The second-order valence-corrected chi connectivity index (χ2v) is 5.15. The first-order chi connectivity index (χ1) is 9.10. The number of halogens is 3. The normalized spacial score (nSPS) is 12.2. The molecule has 0 aliphatic heterocycles. The van der Waals surface area contributed by atoms with Gasteiger partial charge in [-0.1, -0.05) is 29.8 Å². The van der Waals surface area contributed by atoms with Crippen molar-refractivity contribution < 1.29 is 9.13 Å². The van der Waals surface area contributed by atoms with Crippen molar-refractivity contribution in [2.75, 3.05) is 7.11 Å². The first kappa shape index (κ1) is 14.2.